The molecule has 0 aromatic rings. The fourth-order valence-corrected chi connectivity index (χ4v) is 0.387. The number of aliphatic hydroxyl groups is 2. The quantitative estimate of drug-likeness (QED) is 0.312. The van der Waals surface area contributed by atoms with Crippen molar-refractivity contribution in [1.82, 2.24) is 0 Å². The summed E-state index contributed by atoms with van der Waals surface area (Å²) in [5.74, 6) is 0. The minimum atomic E-state index is -4.64. The van der Waals surface area contributed by atoms with Crippen LogP contribution in [0.1, 0.15) is 26.2 Å². The van der Waals surface area contributed by atoms with Crippen LogP contribution in [0.5, 0.6) is 0 Å². The first-order chi connectivity index (χ1) is 5.27. The van der Waals surface area contributed by atoms with E-state index in [0.717, 1.165) is 12.8 Å². The molecule has 0 radical (unpaired) electrons. The van der Waals surface area contributed by atoms with E-state index in [1.54, 1.807) is 0 Å². The van der Waals surface area contributed by atoms with Gasteiger partial charge in [0.25, 0.3) is 0 Å². The van der Waals surface area contributed by atoms with Gasteiger partial charge in [-0.05, 0) is 12.8 Å². The largest absolute Gasteiger partial charge is 0.466 e. The summed E-state index contributed by atoms with van der Waals surface area (Å²) in [5, 5.41) is 16.5. The van der Waals surface area contributed by atoms with Crippen molar-refractivity contribution in [3.8, 4) is 0 Å². The van der Waals surface area contributed by atoms with Crippen LogP contribution in [0.15, 0.2) is 0 Å². The van der Waals surface area contributed by atoms with Gasteiger partial charge in [-0.25, -0.2) is 4.57 Å². The highest BCUT2D eigenvalue weighted by Gasteiger charge is 2.00. The van der Waals surface area contributed by atoms with Crippen LogP contribution in [-0.4, -0.2) is 31.2 Å². The minimum absolute atomic E-state index is 0.510. The Hall–Kier alpha value is 0.0300. The lowest BCUT2D eigenvalue weighted by Crippen LogP contribution is -2.02. The summed E-state index contributed by atoms with van der Waals surface area (Å²) in [6.45, 7) is 2.02. The highest BCUT2D eigenvalue weighted by Crippen LogP contribution is 2.25. The van der Waals surface area contributed by atoms with Gasteiger partial charge in [-0.1, -0.05) is 13.3 Å². The molecule has 0 saturated carbocycles. The van der Waals surface area contributed by atoms with Gasteiger partial charge in [-0.3, -0.25) is 0 Å². The second kappa shape index (κ2) is 7.67. The number of unbranched alkanes of at least 4 members (excludes halogenated alkanes) is 1. The van der Waals surface area contributed by atoms with E-state index in [4.69, 9.17) is 29.5 Å². The SMILES string of the molecule is CCCCC(O)O.O=P(O)(O)O. The summed E-state index contributed by atoms with van der Waals surface area (Å²) in [4.78, 5) is 21.6. The van der Waals surface area contributed by atoms with Crippen LogP contribution in [0.2, 0.25) is 0 Å². The van der Waals surface area contributed by atoms with E-state index in [-0.39, 0.29) is 0 Å². The first-order valence-corrected chi connectivity index (χ1v) is 4.98. The fourth-order valence-electron chi connectivity index (χ4n) is 0.387. The molecule has 0 amide bonds. The van der Waals surface area contributed by atoms with Crippen molar-refractivity contribution in [2.45, 2.75) is 32.5 Å². The van der Waals surface area contributed by atoms with E-state index in [0.29, 0.717) is 6.42 Å². The Labute approximate surface area is 70.7 Å². The minimum Gasteiger partial charge on any atom is -0.368 e. The van der Waals surface area contributed by atoms with E-state index in [1.165, 1.54) is 0 Å². The molecule has 0 fully saturated rings. The predicted molar refractivity (Wildman–Crippen MR) is 42.0 cm³/mol. The second-order valence-corrected chi connectivity index (χ2v) is 3.16. The van der Waals surface area contributed by atoms with Crippen LogP contribution in [0, 0.1) is 0 Å². The Balaban J connectivity index is 0. The molecule has 0 spiro atoms. The molecule has 0 rings (SSSR count). The van der Waals surface area contributed by atoms with Gasteiger partial charge >= 0.3 is 7.82 Å². The van der Waals surface area contributed by atoms with E-state index in [2.05, 4.69) is 0 Å². The fraction of sp³-hybridized carbons (Fsp3) is 1.00. The molecule has 76 valence electrons. The molecule has 6 nitrogen and oxygen atoms in total. The summed E-state index contributed by atoms with van der Waals surface area (Å²) >= 11 is 0. The van der Waals surface area contributed by atoms with Crippen LogP contribution in [0.25, 0.3) is 0 Å². The molecule has 5 N–H and O–H groups in total. The van der Waals surface area contributed by atoms with Gasteiger partial charge in [0.05, 0.1) is 0 Å². The molecule has 12 heavy (non-hydrogen) atoms. The zero-order chi connectivity index (χ0) is 10.2. The highest BCUT2D eigenvalue weighted by atomic mass is 31.2. The van der Waals surface area contributed by atoms with Crippen molar-refractivity contribution < 1.29 is 29.5 Å². The van der Waals surface area contributed by atoms with E-state index in [1.807, 2.05) is 6.92 Å². The van der Waals surface area contributed by atoms with Crippen LogP contribution in [0.3, 0.4) is 0 Å². The highest BCUT2D eigenvalue weighted by molar-refractivity contribution is 7.45. The average Bonchev–Trinajstić information content (AvgIpc) is 1.79. The third-order valence-corrected chi connectivity index (χ3v) is 0.816. The van der Waals surface area contributed by atoms with Crippen molar-refractivity contribution in [3.63, 3.8) is 0 Å². The first-order valence-electron chi connectivity index (χ1n) is 3.41. The molecule has 0 aliphatic heterocycles. The van der Waals surface area contributed by atoms with Crippen LogP contribution < -0.4 is 0 Å². The Morgan fingerprint density at radius 2 is 1.58 bits per heavy atom. The smallest absolute Gasteiger partial charge is 0.368 e. The molecule has 0 atom stereocenters. The van der Waals surface area contributed by atoms with Crippen molar-refractivity contribution in [2.24, 2.45) is 0 Å². The normalized spacial score (nSPS) is 10.9. The molecule has 0 aromatic carbocycles. The maximum Gasteiger partial charge on any atom is 0.466 e. The summed E-state index contributed by atoms with van der Waals surface area (Å²) < 4.78 is 8.88. The number of hydrogen-bond acceptors (Lipinski definition) is 3. The molecule has 0 aliphatic rings. The maximum absolute atomic E-state index is 8.88. The van der Waals surface area contributed by atoms with Crippen molar-refractivity contribution in [3.05, 3.63) is 0 Å². The van der Waals surface area contributed by atoms with Crippen LogP contribution >= 0.6 is 7.82 Å². The van der Waals surface area contributed by atoms with Crippen LogP contribution in [-0.2, 0) is 4.57 Å². The molecule has 0 saturated heterocycles. The predicted octanol–water partition coefficient (Wildman–Crippen LogP) is -0.441. The van der Waals surface area contributed by atoms with Gasteiger partial charge in [0.1, 0.15) is 0 Å². The molecule has 0 aromatic heterocycles. The summed E-state index contributed by atoms with van der Waals surface area (Å²) in [6, 6.07) is 0. The Kier molecular flexibility index (Phi) is 9.30. The van der Waals surface area contributed by atoms with Gasteiger partial charge < -0.3 is 24.9 Å². The molecular formula is C5H15O6P. The first kappa shape index (κ1) is 14.5. The summed E-state index contributed by atoms with van der Waals surface area (Å²) in [7, 11) is -4.64. The second-order valence-electron chi connectivity index (χ2n) is 2.14. The lowest BCUT2D eigenvalue weighted by molar-refractivity contribution is -0.0463. The maximum atomic E-state index is 8.88. The summed E-state index contributed by atoms with van der Waals surface area (Å²) in [5.41, 5.74) is 0. The van der Waals surface area contributed by atoms with Gasteiger partial charge in [0, 0.05) is 0 Å². The molecular weight excluding hydrogens is 187 g/mol. The van der Waals surface area contributed by atoms with Crippen molar-refractivity contribution in [1.29, 1.82) is 0 Å². The lowest BCUT2D eigenvalue weighted by atomic mass is 10.2. The van der Waals surface area contributed by atoms with Gasteiger partial charge in [0.15, 0.2) is 6.29 Å². The number of phosphoric acid groups is 1. The third kappa shape index (κ3) is 50.4. The lowest BCUT2D eigenvalue weighted by Gasteiger charge is -1.97. The van der Waals surface area contributed by atoms with Crippen molar-refractivity contribution >= 4 is 7.82 Å². The number of rotatable bonds is 3. The zero-order valence-electron chi connectivity index (χ0n) is 6.79. The zero-order valence-corrected chi connectivity index (χ0v) is 7.68. The number of aliphatic hydroxyl groups excluding tert-OH is 1. The Morgan fingerprint density at radius 1 is 1.25 bits per heavy atom. The van der Waals surface area contributed by atoms with Crippen molar-refractivity contribution in [2.75, 3.05) is 0 Å². The molecule has 7 heteroatoms. The molecule has 0 unspecified atom stereocenters. The molecule has 0 bridgehead atoms. The topological polar surface area (TPSA) is 118 Å². The summed E-state index contributed by atoms with van der Waals surface area (Å²) in [6.07, 6.45) is 1.34. The van der Waals surface area contributed by atoms with Gasteiger partial charge in [-0.15, -0.1) is 0 Å². The third-order valence-electron chi connectivity index (χ3n) is 0.816. The number of hydrogen-bond donors (Lipinski definition) is 5. The Bertz CT molecular complexity index is 122. The monoisotopic (exact) mass is 202 g/mol. The van der Waals surface area contributed by atoms with E-state index >= 15 is 0 Å². The van der Waals surface area contributed by atoms with E-state index in [9.17, 15) is 0 Å². The van der Waals surface area contributed by atoms with Gasteiger partial charge in [-0.2, -0.15) is 0 Å². The molecule has 0 heterocycles. The standard InChI is InChI=1S/C5H12O2.H3O4P/c1-2-3-4-5(6)7;1-5(2,3)4/h5-7H,2-4H2,1H3;(H3,1,2,3,4). The van der Waals surface area contributed by atoms with E-state index < -0.39 is 14.1 Å². The van der Waals surface area contributed by atoms with Crippen LogP contribution in [0.4, 0.5) is 0 Å². The Morgan fingerprint density at radius 3 is 1.67 bits per heavy atom. The average molecular weight is 202 g/mol. The van der Waals surface area contributed by atoms with Gasteiger partial charge in [0.2, 0.25) is 0 Å². The molecule has 0 aliphatic carbocycles.